The van der Waals surface area contributed by atoms with Crippen LogP contribution in [0.1, 0.15) is 23.2 Å². The molecule has 0 aliphatic carbocycles. The minimum Gasteiger partial charge on any atom is -0.325 e. The minimum atomic E-state index is -0.535. The Kier molecular flexibility index (Phi) is 7.89. The summed E-state index contributed by atoms with van der Waals surface area (Å²) in [5.41, 5.74) is 1.97. The van der Waals surface area contributed by atoms with Crippen LogP contribution in [0.4, 0.5) is 15.2 Å². The summed E-state index contributed by atoms with van der Waals surface area (Å²) in [5.74, 6) is -1.28. The third kappa shape index (κ3) is 6.68. The number of nitrogens with zero attached hydrogens (tertiary/aromatic N) is 2. The molecule has 3 rings (SSSR count). The molecule has 0 radical (unpaired) electrons. The number of rotatable bonds is 8. The summed E-state index contributed by atoms with van der Waals surface area (Å²) in [6.07, 6.45) is 0.937. The fourth-order valence-electron chi connectivity index (χ4n) is 2.84. The molecule has 1 heterocycles. The molecule has 2 aromatic carbocycles. The van der Waals surface area contributed by atoms with Gasteiger partial charge in [0, 0.05) is 21.8 Å². The lowest BCUT2D eigenvalue weighted by Gasteiger charge is -2.12. The average Bonchev–Trinajstić information content (AvgIpc) is 3.16. The standard InChI is InChI=1S/C22H22BrFN4O2S/c1-28(2)11-3-4-20(29)25-18-12-16(24)9-10-17(18)21(30)27-22-26-19(13-31-22)14-5-7-15(23)8-6-14/h5-10,12-13H,3-4,11H2,1-2H3,(H,25,29)(H,26,27,30). The van der Waals surface area contributed by atoms with E-state index in [1.165, 1.54) is 23.5 Å². The van der Waals surface area contributed by atoms with Crippen LogP contribution in [-0.4, -0.2) is 42.3 Å². The molecule has 0 aliphatic heterocycles. The van der Waals surface area contributed by atoms with Gasteiger partial charge in [0.1, 0.15) is 5.82 Å². The zero-order valence-electron chi connectivity index (χ0n) is 17.1. The number of carbonyl (C=O) groups is 2. The number of amides is 2. The lowest BCUT2D eigenvalue weighted by Crippen LogP contribution is -2.20. The van der Waals surface area contributed by atoms with Crippen molar-refractivity contribution in [2.24, 2.45) is 0 Å². The first kappa shape index (κ1) is 23.1. The Morgan fingerprint density at radius 3 is 2.58 bits per heavy atom. The van der Waals surface area contributed by atoms with Gasteiger partial charge < -0.3 is 10.2 Å². The Balaban J connectivity index is 1.70. The van der Waals surface area contributed by atoms with E-state index < -0.39 is 11.7 Å². The van der Waals surface area contributed by atoms with Gasteiger partial charge in [-0.15, -0.1) is 11.3 Å². The lowest BCUT2D eigenvalue weighted by atomic mass is 10.1. The SMILES string of the molecule is CN(C)CCCC(=O)Nc1cc(F)ccc1C(=O)Nc1nc(-c2ccc(Br)cc2)cs1. The molecule has 2 N–H and O–H groups in total. The van der Waals surface area contributed by atoms with Crippen molar-refractivity contribution in [3.8, 4) is 11.3 Å². The molecular formula is C22H22BrFN4O2S. The van der Waals surface area contributed by atoms with Crippen molar-refractivity contribution >= 4 is 49.9 Å². The van der Waals surface area contributed by atoms with E-state index in [1.807, 2.05) is 48.6 Å². The summed E-state index contributed by atoms with van der Waals surface area (Å²) in [5, 5.41) is 7.63. The van der Waals surface area contributed by atoms with E-state index in [0.717, 1.165) is 28.3 Å². The Labute approximate surface area is 192 Å². The van der Waals surface area contributed by atoms with E-state index in [2.05, 4.69) is 31.5 Å². The fraction of sp³-hybridized carbons (Fsp3) is 0.227. The van der Waals surface area contributed by atoms with Crippen molar-refractivity contribution < 1.29 is 14.0 Å². The van der Waals surface area contributed by atoms with Crippen molar-refractivity contribution in [3.63, 3.8) is 0 Å². The van der Waals surface area contributed by atoms with Crippen LogP contribution in [0, 0.1) is 5.82 Å². The van der Waals surface area contributed by atoms with Crippen LogP contribution in [-0.2, 0) is 4.79 Å². The smallest absolute Gasteiger partial charge is 0.259 e. The lowest BCUT2D eigenvalue weighted by molar-refractivity contribution is -0.116. The molecule has 0 aliphatic rings. The second kappa shape index (κ2) is 10.6. The van der Waals surface area contributed by atoms with E-state index in [9.17, 15) is 14.0 Å². The summed E-state index contributed by atoms with van der Waals surface area (Å²) in [6.45, 7) is 0.759. The van der Waals surface area contributed by atoms with Gasteiger partial charge in [-0.2, -0.15) is 0 Å². The molecule has 31 heavy (non-hydrogen) atoms. The monoisotopic (exact) mass is 504 g/mol. The number of aromatic nitrogens is 1. The molecule has 0 saturated carbocycles. The van der Waals surface area contributed by atoms with Crippen molar-refractivity contribution in [1.82, 2.24) is 9.88 Å². The zero-order chi connectivity index (χ0) is 22.4. The summed E-state index contributed by atoms with van der Waals surface area (Å²) >= 11 is 4.68. The van der Waals surface area contributed by atoms with Crippen molar-refractivity contribution in [1.29, 1.82) is 0 Å². The molecular weight excluding hydrogens is 483 g/mol. The number of anilines is 2. The number of hydrogen-bond acceptors (Lipinski definition) is 5. The third-order valence-electron chi connectivity index (χ3n) is 4.37. The van der Waals surface area contributed by atoms with Crippen LogP contribution in [0.15, 0.2) is 52.3 Å². The van der Waals surface area contributed by atoms with Gasteiger partial charge in [-0.1, -0.05) is 28.1 Å². The Morgan fingerprint density at radius 2 is 1.87 bits per heavy atom. The second-order valence-electron chi connectivity index (χ2n) is 7.14. The first-order valence-electron chi connectivity index (χ1n) is 9.59. The molecule has 2 amide bonds. The number of nitrogens with one attached hydrogen (secondary N) is 2. The van der Waals surface area contributed by atoms with E-state index in [1.54, 1.807) is 0 Å². The van der Waals surface area contributed by atoms with Gasteiger partial charge >= 0.3 is 0 Å². The molecule has 6 nitrogen and oxygen atoms in total. The maximum atomic E-state index is 13.8. The number of hydrogen-bond donors (Lipinski definition) is 2. The molecule has 3 aromatic rings. The fourth-order valence-corrected chi connectivity index (χ4v) is 3.81. The maximum Gasteiger partial charge on any atom is 0.259 e. The average molecular weight is 505 g/mol. The van der Waals surface area contributed by atoms with Gasteiger partial charge in [0.05, 0.1) is 16.9 Å². The number of benzene rings is 2. The van der Waals surface area contributed by atoms with Crippen LogP contribution in [0.2, 0.25) is 0 Å². The van der Waals surface area contributed by atoms with Crippen LogP contribution in [0.5, 0.6) is 0 Å². The topological polar surface area (TPSA) is 74.3 Å². The largest absolute Gasteiger partial charge is 0.325 e. The molecule has 0 fully saturated rings. The first-order valence-corrected chi connectivity index (χ1v) is 11.3. The first-order chi connectivity index (χ1) is 14.8. The number of halogens is 2. The van der Waals surface area contributed by atoms with Crippen molar-refractivity contribution in [3.05, 3.63) is 63.7 Å². The van der Waals surface area contributed by atoms with Crippen molar-refractivity contribution in [2.45, 2.75) is 12.8 Å². The summed E-state index contributed by atoms with van der Waals surface area (Å²) in [6, 6.07) is 11.4. The highest BCUT2D eigenvalue weighted by molar-refractivity contribution is 9.10. The van der Waals surface area contributed by atoms with E-state index in [4.69, 9.17) is 0 Å². The summed E-state index contributed by atoms with van der Waals surface area (Å²) in [7, 11) is 3.85. The quantitative estimate of drug-likeness (QED) is 0.439. The van der Waals surface area contributed by atoms with Gasteiger partial charge in [-0.3, -0.25) is 14.9 Å². The van der Waals surface area contributed by atoms with Gasteiger partial charge in [-0.05, 0) is 57.4 Å². The van der Waals surface area contributed by atoms with Crippen LogP contribution in [0.25, 0.3) is 11.3 Å². The van der Waals surface area contributed by atoms with Crippen LogP contribution < -0.4 is 10.6 Å². The highest BCUT2D eigenvalue weighted by Crippen LogP contribution is 2.27. The number of thiazole rings is 1. The van der Waals surface area contributed by atoms with Gasteiger partial charge in [0.15, 0.2) is 5.13 Å². The molecule has 9 heteroatoms. The Hall–Kier alpha value is -2.62. The van der Waals surface area contributed by atoms with Crippen LogP contribution in [0.3, 0.4) is 0 Å². The van der Waals surface area contributed by atoms with Gasteiger partial charge in [0.25, 0.3) is 5.91 Å². The molecule has 0 unspecified atom stereocenters. The summed E-state index contributed by atoms with van der Waals surface area (Å²) < 4.78 is 14.7. The van der Waals surface area contributed by atoms with Crippen molar-refractivity contribution in [2.75, 3.05) is 31.3 Å². The third-order valence-corrected chi connectivity index (χ3v) is 5.66. The normalized spacial score (nSPS) is 10.9. The predicted octanol–water partition coefficient (Wildman–Crippen LogP) is 5.24. The van der Waals surface area contributed by atoms with Crippen LogP contribution >= 0.6 is 27.3 Å². The van der Waals surface area contributed by atoms with E-state index >= 15 is 0 Å². The Morgan fingerprint density at radius 1 is 1.13 bits per heavy atom. The molecule has 0 spiro atoms. The molecule has 0 bridgehead atoms. The van der Waals surface area contributed by atoms with E-state index in [-0.39, 0.29) is 23.6 Å². The second-order valence-corrected chi connectivity index (χ2v) is 8.92. The zero-order valence-corrected chi connectivity index (χ0v) is 19.5. The van der Waals surface area contributed by atoms with Gasteiger partial charge in [-0.25, -0.2) is 9.37 Å². The molecule has 162 valence electrons. The number of carbonyl (C=O) groups excluding carboxylic acids is 2. The minimum absolute atomic E-state index is 0.136. The molecule has 1 aromatic heterocycles. The maximum absolute atomic E-state index is 13.8. The van der Waals surface area contributed by atoms with E-state index in [0.29, 0.717) is 11.6 Å². The predicted molar refractivity (Wildman–Crippen MR) is 126 cm³/mol. The molecule has 0 atom stereocenters. The van der Waals surface area contributed by atoms with Gasteiger partial charge in [0.2, 0.25) is 5.91 Å². The Bertz CT molecular complexity index is 1070. The summed E-state index contributed by atoms with van der Waals surface area (Å²) in [4.78, 5) is 31.4. The molecule has 0 saturated heterocycles. The highest BCUT2D eigenvalue weighted by Gasteiger charge is 2.16. The highest BCUT2D eigenvalue weighted by atomic mass is 79.9.